The van der Waals surface area contributed by atoms with Crippen molar-refractivity contribution in [1.29, 1.82) is 0 Å². The first-order valence-electron chi connectivity index (χ1n) is 14.0. The number of halogens is 2. The molecule has 0 aliphatic carbocycles. The zero-order valence-electron chi connectivity index (χ0n) is 25.0. The summed E-state index contributed by atoms with van der Waals surface area (Å²) in [6.45, 7) is 4.83. The SMILES string of the molecule is CCOc1ccc([C@H]2C(C(=O)OC)=CN=c3s/c(=C\c4ccc(OCc5ccc(Cl)cc5Cl)c(OC)c4)c(=O)n32)cc1OCC. The number of thiazole rings is 1. The van der Waals surface area contributed by atoms with Crippen molar-refractivity contribution < 1.29 is 28.5 Å². The minimum Gasteiger partial charge on any atom is -0.493 e. The fourth-order valence-electron chi connectivity index (χ4n) is 4.83. The second kappa shape index (κ2) is 14.2. The molecular formula is C33H30Cl2N2O7S. The maximum absolute atomic E-state index is 13.9. The van der Waals surface area contributed by atoms with Crippen LogP contribution in [0.1, 0.15) is 36.6 Å². The van der Waals surface area contributed by atoms with Crippen molar-refractivity contribution in [1.82, 2.24) is 4.57 Å². The lowest BCUT2D eigenvalue weighted by molar-refractivity contribution is -0.136. The maximum atomic E-state index is 13.9. The molecule has 3 aromatic carbocycles. The fraction of sp³-hybridized carbons (Fsp3) is 0.242. The highest BCUT2D eigenvalue weighted by molar-refractivity contribution is 7.07. The van der Waals surface area contributed by atoms with Crippen LogP contribution >= 0.6 is 34.5 Å². The van der Waals surface area contributed by atoms with E-state index in [-0.39, 0.29) is 17.7 Å². The molecule has 0 radical (unpaired) electrons. The number of hydrogen-bond donors (Lipinski definition) is 0. The van der Waals surface area contributed by atoms with Crippen LogP contribution in [0, 0.1) is 0 Å². The molecule has 0 saturated carbocycles. The molecule has 234 valence electrons. The first-order valence-corrected chi connectivity index (χ1v) is 15.6. The lowest BCUT2D eigenvalue weighted by Gasteiger charge is -2.23. The highest BCUT2D eigenvalue weighted by Crippen LogP contribution is 2.35. The minimum atomic E-state index is -0.796. The normalized spacial score (nSPS) is 14.2. The zero-order valence-corrected chi connectivity index (χ0v) is 27.3. The highest BCUT2D eigenvalue weighted by Gasteiger charge is 2.31. The third kappa shape index (κ3) is 6.88. The maximum Gasteiger partial charge on any atom is 0.337 e. The molecule has 12 heteroatoms. The van der Waals surface area contributed by atoms with Crippen molar-refractivity contribution >= 4 is 46.6 Å². The summed E-state index contributed by atoms with van der Waals surface area (Å²) in [6.07, 6.45) is 3.19. The number of carbonyl (C=O) groups is 1. The molecular weight excluding hydrogens is 639 g/mol. The van der Waals surface area contributed by atoms with E-state index in [4.69, 9.17) is 46.9 Å². The Morgan fingerprint density at radius 2 is 1.67 bits per heavy atom. The summed E-state index contributed by atoms with van der Waals surface area (Å²) in [4.78, 5) is 31.7. The smallest absolute Gasteiger partial charge is 0.337 e. The van der Waals surface area contributed by atoms with Crippen LogP contribution in [0.25, 0.3) is 6.08 Å². The fourth-order valence-corrected chi connectivity index (χ4v) is 6.26. The van der Waals surface area contributed by atoms with E-state index in [1.54, 1.807) is 54.6 Å². The number of nitrogens with zero attached hydrogens (tertiary/aromatic N) is 2. The number of aromatic nitrogens is 1. The molecule has 0 fully saturated rings. The van der Waals surface area contributed by atoms with E-state index in [1.807, 2.05) is 19.9 Å². The van der Waals surface area contributed by atoms with Gasteiger partial charge >= 0.3 is 5.97 Å². The van der Waals surface area contributed by atoms with Gasteiger partial charge in [-0.3, -0.25) is 9.36 Å². The van der Waals surface area contributed by atoms with Gasteiger partial charge in [0.05, 0.1) is 43.6 Å². The van der Waals surface area contributed by atoms with Crippen LogP contribution in [0.2, 0.25) is 10.0 Å². The Balaban J connectivity index is 1.53. The Morgan fingerprint density at radius 3 is 2.38 bits per heavy atom. The van der Waals surface area contributed by atoms with Crippen molar-refractivity contribution in [2.24, 2.45) is 4.99 Å². The van der Waals surface area contributed by atoms with Crippen molar-refractivity contribution in [2.75, 3.05) is 27.4 Å². The van der Waals surface area contributed by atoms with Crippen LogP contribution in [0.4, 0.5) is 0 Å². The summed E-state index contributed by atoms with van der Waals surface area (Å²) in [6, 6.07) is 15.1. The van der Waals surface area contributed by atoms with Crippen molar-refractivity contribution in [3.63, 3.8) is 0 Å². The largest absolute Gasteiger partial charge is 0.493 e. The zero-order chi connectivity index (χ0) is 32.1. The van der Waals surface area contributed by atoms with Crippen LogP contribution in [0.3, 0.4) is 0 Å². The van der Waals surface area contributed by atoms with Gasteiger partial charge in [-0.05, 0) is 67.4 Å². The number of hydrogen-bond acceptors (Lipinski definition) is 9. The number of methoxy groups -OCH3 is 2. The summed E-state index contributed by atoms with van der Waals surface area (Å²) in [7, 11) is 2.83. The van der Waals surface area contributed by atoms with Crippen LogP contribution < -0.4 is 33.8 Å². The Bertz CT molecular complexity index is 1950. The second-order valence-corrected chi connectivity index (χ2v) is 11.5. The first-order chi connectivity index (χ1) is 21.8. The summed E-state index contributed by atoms with van der Waals surface area (Å²) >= 11 is 13.5. The molecule has 1 aliphatic heterocycles. The van der Waals surface area contributed by atoms with Gasteiger partial charge in [-0.25, -0.2) is 9.79 Å². The average Bonchev–Trinajstić information content (AvgIpc) is 3.35. The number of carbonyl (C=O) groups excluding carboxylic acids is 1. The lowest BCUT2D eigenvalue weighted by Crippen LogP contribution is -2.39. The van der Waals surface area contributed by atoms with Crippen molar-refractivity contribution in [3.05, 3.63) is 113 Å². The van der Waals surface area contributed by atoms with Crippen LogP contribution in [-0.2, 0) is 16.1 Å². The molecule has 0 spiro atoms. The topological polar surface area (TPSA) is 97.6 Å². The third-order valence-corrected chi connectivity index (χ3v) is 8.48. The van der Waals surface area contributed by atoms with E-state index in [0.717, 1.165) is 5.56 Å². The van der Waals surface area contributed by atoms with Gasteiger partial charge in [0, 0.05) is 21.8 Å². The predicted molar refractivity (Wildman–Crippen MR) is 174 cm³/mol. The average molecular weight is 670 g/mol. The summed E-state index contributed by atoms with van der Waals surface area (Å²) in [5.74, 6) is 1.46. The Kier molecular flexibility index (Phi) is 10.2. The number of ether oxygens (including phenoxy) is 5. The highest BCUT2D eigenvalue weighted by atomic mass is 35.5. The van der Waals surface area contributed by atoms with Gasteiger partial charge in [-0.1, -0.05) is 52.7 Å². The third-order valence-electron chi connectivity index (χ3n) is 6.89. The molecule has 1 atom stereocenters. The molecule has 0 bridgehead atoms. The molecule has 45 heavy (non-hydrogen) atoms. The van der Waals surface area contributed by atoms with E-state index >= 15 is 0 Å². The quantitative estimate of drug-likeness (QED) is 0.189. The van der Waals surface area contributed by atoms with Gasteiger partial charge in [0.15, 0.2) is 27.8 Å². The summed E-state index contributed by atoms with van der Waals surface area (Å²) in [5.41, 5.74) is 2.02. The molecule has 2 heterocycles. The molecule has 1 aliphatic rings. The molecule has 0 saturated heterocycles. The van der Waals surface area contributed by atoms with E-state index < -0.39 is 12.0 Å². The summed E-state index contributed by atoms with van der Waals surface area (Å²) < 4.78 is 30.1. The predicted octanol–water partition coefficient (Wildman–Crippen LogP) is 5.71. The molecule has 0 N–H and O–H groups in total. The van der Waals surface area contributed by atoms with Crippen molar-refractivity contribution in [3.8, 4) is 23.0 Å². The summed E-state index contributed by atoms with van der Waals surface area (Å²) in [5, 5.41) is 1.04. The lowest BCUT2D eigenvalue weighted by atomic mass is 9.97. The molecule has 1 aromatic heterocycles. The van der Waals surface area contributed by atoms with Crippen LogP contribution in [0.15, 0.2) is 76.2 Å². The monoisotopic (exact) mass is 668 g/mol. The van der Waals surface area contributed by atoms with Gasteiger partial charge in [-0.2, -0.15) is 0 Å². The first kappa shape index (κ1) is 32.2. The molecule has 9 nitrogen and oxygen atoms in total. The van der Waals surface area contributed by atoms with E-state index in [9.17, 15) is 9.59 Å². The second-order valence-electron chi connectivity index (χ2n) is 9.68. The Hall–Kier alpha value is -4.25. The van der Waals surface area contributed by atoms with Gasteiger partial charge in [0.2, 0.25) is 0 Å². The standard InChI is InChI=1S/C33H30Cl2N2O7S/c1-5-42-26-12-9-20(15-28(26)43-6-2)30-23(32(39)41-4)17-36-33-37(30)31(38)29(45-33)14-19-7-11-25(27(13-19)40-3)44-18-21-8-10-22(34)16-24(21)35/h7-17,30H,5-6,18H2,1-4H3/b29-14-/t30-/m0/s1. The van der Waals surface area contributed by atoms with Gasteiger partial charge in [-0.15, -0.1) is 0 Å². The molecule has 0 unspecified atom stereocenters. The molecule has 5 rings (SSSR count). The van der Waals surface area contributed by atoms with Gasteiger partial charge in [0.1, 0.15) is 6.61 Å². The van der Waals surface area contributed by atoms with Crippen molar-refractivity contribution in [2.45, 2.75) is 26.5 Å². The molecule has 4 aromatic rings. The number of fused-ring (bicyclic) bond motifs is 1. The van der Waals surface area contributed by atoms with Crippen LogP contribution in [-0.4, -0.2) is 38.0 Å². The number of rotatable bonds is 11. The van der Waals surface area contributed by atoms with Gasteiger partial charge < -0.3 is 23.7 Å². The number of benzene rings is 3. The minimum absolute atomic E-state index is 0.212. The Morgan fingerprint density at radius 1 is 0.933 bits per heavy atom. The molecule has 0 amide bonds. The van der Waals surface area contributed by atoms with E-state index in [0.29, 0.717) is 66.7 Å². The van der Waals surface area contributed by atoms with Crippen LogP contribution in [0.5, 0.6) is 23.0 Å². The van der Waals surface area contributed by atoms with E-state index in [2.05, 4.69) is 4.99 Å². The number of esters is 1. The van der Waals surface area contributed by atoms with E-state index in [1.165, 1.54) is 36.3 Å². The Labute approximate surface area is 273 Å². The van der Waals surface area contributed by atoms with Gasteiger partial charge in [0.25, 0.3) is 5.56 Å².